The Kier molecular flexibility index (Phi) is 8.86. The second-order valence-corrected chi connectivity index (χ2v) is 11.4. The monoisotopic (exact) mass is 638 g/mol. The summed E-state index contributed by atoms with van der Waals surface area (Å²) in [4.78, 5) is 15.7. The Bertz CT molecular complexity index is 1580. The van der Waals surface area contributed by atoms with Crippen LogP contribution < -0.4 is 18.9 Å². The number of ether oxygens (including phenoxy) is 5. The highest BCUT2D eigenvalue weighted by Crippen LogP contribution is 2.51. The topological polar surface area (TPSA) is 221 Å². The molecule has 14 heteroatoms. The first-order chi connectivity index (χ1) is 22.1. The van der Waals surface area contributed by atoms with E-state index in [1.165, 1.54) is 12.1 Å². The van der Waals surface area contributed by atoms with Crippen molar-refractivity contribution in [2.45, 2.75) is 75.0 Å². The molecule has 6 rings (SSSR count). The van der Waals surface area contributed by atoms with Crippen LogP contribution in [0.1, 0.15) is 49.3 Å². The summed E-state index contributed by atoms with van der Waals surface area (Å²) in [5, 5.41) is 70.3. The number of nitrogens with zero attached hydrogens (tertiary/aromatic N) is 1. The number of aliphatic carboxylic acids is 1. The van der Waals surface area contributed by atoms with E-state index in [1.807, 2.05) is 0 Å². The first kappa shape index (κ1) is 31.4. The Labute approximate surface area is 262 Å². The van der Waals surface area contributed by atoms with Gasteiger partial charge in [-0.15, -0.1) is 0 Å². The fraction of sp³-hybridized carbons (Fsp3) is 0.406. The molecule has 1 aliphatic carbocycles. The van der Waals surface area contributed by atoms with Gasteiger partial charge >= 0.3 is 5.97 Å². The highest BCUT2D eigenvalue weighted by Gasteiger charge is 2.48. The number of carboxylic acid groups (broad SMARTS) is 1. The zero-order valence-corrected chi connectivity index (χ0v) is 24.5. The third-order valence-electron chi connectivity index (χ3n) is 8.18. The number of allylic oxidation sites excluding steroid dienone is 1. The highest BCUT2D eigenvalue weighted by molar-refractivity contribution is 6.14. The van der Waals surface area contributed by atoms with Crippen molar-refractivity contribution >= 4 is 23.3 Å². The summed E-state index contributed by atoms with van der Waals surface area (Å²) in [5.74, 6) is -1.97. The number of benzene rings is 2. The Morgan fingerprint density at radius 1 is 1.00 bits per heavy atom. The molecule has 3 aliphatic heterocycles. The maximum Gasteiger partial charge on any atom is 0.335 e. The molecule has 14 nitrogen and oxygen atoms in total. The fourth-order valence-electron chi connectivity index (χ4n) is 5.73. The lowest BCUT2D eigenvalue weighted by Gasteiger charge is -2.38. The number of hydrogen-bond donors (Lipinski definition) is 7. The van der Waals surface area contributed by atoms with Gasteiger partial charge in [0.1, 0.15) is 53.1 Å². The molecule has 2 aromatic carbocycles. The molecule has 0 aromatic heterocycles. The molecule has 3 heterocycles. The summed E-state index contributed by atoms with van der Waals surface area (Å²) >= 11 is 0. The van der Waals surface area contributed by atoms with Gasteiger partial charge in [0.2, 0.25) is 12.0 Å². The first-order valence-electron chi connectivity index (χ1n) is 14.9. The van der Waals surface area contributed by atoms with Gasteiger partial charge in [-0.2, -0.15) is 0 Å². The van der Waals surface area contributed by atoms with Crippen molar-refractivity contribution in [3.63, 3.8) is 0 Å². The van der Waals surface area contributed by atoms with Gasteiger partial charge in [0.15, 0.2) is 17.6 Å². The van der Waals surface area contributed by atoms with Gasteiger partial charge in [-0.3, -0.25) is 5.41 Å². The first-order valence-corrected chi connectivity index (χ1v) is 14.9. The maximum absolute atomic E-state index is 11.6. The number of rotatable bonds is 10. The number of aliphatic hydroxyl groups excluding tert-OH is 4. The van der Waals surface area contributed by atoms with Crippen LogP contribution in [0, 0.1) is 5.41 Å². The van der Waals surface area contributed by atoms with Crippen molar-refractivity contribution < 1.29 is 59.1 Å². The van der Waals surface area contributed by atoms with Crippen molar-refractivity contribution in [1.82, 2.24) is 0 Å². The lowest BCUT2D eigenvalue weighted by atomic mass is 9.99. The van der Waals surface area contributed by atoms with Gasteiger partial charge in [0.05, 0.1) is 12.7 Å². The van der Waals surface area contributed by atoms with E-state index in [1.54, 1.807) is 36.4 Å². The van der Waals surface area contributed by atoms with Gasteiger partial charge in [0.25, 0.3) is 0 Å². The van der Waals surface area contributed by atoms with E-state index in [0.717, 1.165) is 18.6 Å². The molecule has 0 radical (unpaired) electrons. The summed E-state index contributed by atoms with van der Waals surface area (Å²) in [5.41, 5.74) is 1.35. The standard InChI is InChI=1S/C32H34N2O12/c33-23-10-7-16(34-23)11-12-42-17-8-5-15(6-9-17)20-13-19(35)24-21(44-20)14-22(29(25(24)36)43-18-3-1-2-4-18)45-32-28(39)26(37)27(38)30(46-32)31(40)41/h5-10,13-14,18,20,26-28,30,32-33,35-39H,1-4,11-12H2,(H,40,41)/t20?,26-,27+,28-,30+,32-/m1/s1. The molecule has 1 unspecified atom stereocenters. The number of aromatic hydroxyl groups is 1. The van der Waals surface area contributed by atoms with Crippen LogP contribution in [0.4, 0.5) is 0 Å². The third-order valence-corrected chi connectivity index (χ3v) is 8.18. The number of aliphatic imine (C=N–C) groups is 1. The van der Waals surface area contributed by atoms with E-state index in [2.05, 4.69) is 4.99 Å². The van der Waals surface area contributed by atoms with Gasteiger partial charge < -0.3 is 54.3 Å². The van der Waals surface area contributed by atoms with Crippen LogP contribution in [0.2, 0.25) is 0 Å². The van der Waals surface area contributed by atoms with Gasteiger partial charge in [0, 0.05) is 24.3 Å². The van der Waals surface area contributed by atoms with Gasteiger partial charge in [-0.05, 0) is 55.5 Å². The van der Waals surface area contributed by atoms with E-state index in [4.69, 9.17) is 29.1 Å². The van der Waals surface area contributed by atoms with Crippen LogP contribution in [-0.2, 0) is 9.53 Å². The zero-order chi connectivity index (χ0) is 32.5. The van der Waals surface area contributed by atoms with Crippen LogP contribution >= 0.6 is 0 Å². The number of carbonyl (C=O) groups is 1. The molecule has 1 saturated carbocycles. The quantitative estimate of drug-likeness (QED) is 0.200. The number of phenols is 1. The van der Waals surface area contributed by atoms with Crippen LogP contribution in [0.25, 0.3) is 5.76 Å². The number of carboxylic acids is 1. The maximum atomic E-state index is 11.6. The van der Waals surface area contributed by atoms with Crippen LogP contribution in [0.5, 0.6) is 28.7 Å². The number of amidine groups is 1. The molecule has 244 valence electrons. The van der Waals surface area contributed by atoms with Gasteiger partial charge in [-0.1, -0.05) is 12.1 Å². The lowest BCUT2D eigenvalue weighted by Crippen LogP contribution is -2.61. The minimum atomic E-state index is -1.92. The normalized spacial score (nSPS) is 27.4. The number of phenolic OH excluding ortho intramolecular Hbond substituents is 1. The van der Waals surface area contributed by atoms with Crippen molar-refractivity contribution in [2.24, 2.45) is 4.99 Å². The number of aliphatic hydroxyl groups is 4. The SMILES string of the molecule is N=C1C=CC(CCOc2ccc(C3C=C(O)c4c(cc(O[C@@H]5O[C@H](C(=O)O)[C@@H](O)[C@@H](O)[C@H]5O)c(OC5CCCC5)c4O)O3)cc2)=N1. The smallest absolute Gasteiger partial charge is 0.335 e. The summed E-state index contributed by atoms with van der Waals surface area (Å²) in [6.07, 6.45) is -1.92. The average molecular weight is 639 g/mol. The molecular formula is C32H34N2O12. The summed E-state index contributed by atoms with van der Waals surface area (Å²) < 4.78 is 29.1. The van der Waals surface area contributed by atoms with Crippen molar-refractivity contribution in [2.75, 3.05) is 6.61 Å². The van der Waals surface area contributed by atoms with Gasteiger partial charge in [-0.25, -0.2) is 9.79 Å². The van der Waals surface area contributed by atoms with Crippen LogP contribution in [-0.4, -0.2) is 91.6 Å². The minimum absolute atomic E-state index is 0.00627. The second-order valence-electron chi connectivity index (χ2n) is 11.4. The van der Waals surface area contributed by atoms with Crippen molar-refractivity contribution in [3.05, 3.63) is 59.7 Å². The minimum Gasteiger partial charge on any atom is -0.507 e. The molecule has 0 bridgehead atoms. The summed E-state index contributed by atoms with van der Waals surface area (Å²) in [6, 6.07) is 8.28. The van der Waals surface area contributed by atoms with Crippen LogP contribution in [0.15, 0.2) is 53.6 Å². The second kappa shape index (κ2) is 13.0. The molecular weight excluding hydrogens is 604 g/mol. The molecule has 6 atom stereocenters. The van der Waals surface area contributed by atoms with E-state index < -0.39 is 48.5 Å². The molecule has 46 heavy (non-hydrogen) atoms. The van der Waals surface area contributed by atoms with E-state index >= 15 is 0 Å². The highest BCUT2D eigenvalue weighted by atomic mass is 16.7. The molecule has 7 N–H and O–H groups in total. The largest absolute Gasteiger partial charge is 0.507 e. The molecule has 2 fully saturated rings. The molecule has 1 saturated heterocycles. The lowest BCUT2D eigenvalue weighted by molar-refractivity contribution is -0.271. The number of fused-ring (bicyclic) bond motifs is 1. The zero-order valence-electron chi connectivity index (χ0n) is 24.5. The predicted molar refractivity (Wildman–Crippen MR) is 161 cm³/mol. The average Bonchev–Trinajstić information content (AvgIpc) is 3.70. The van der Waals surface area contributed by atoms with Crippen molar-refractivity contribution in [3.8, 4) is 28.7 Å². The Morgan fingerprint density at radius 3 is 2.41 bits per heavy atom. The Morgan fingerprint density at radius 2 is 1.74 bits per heavy atom. The summed E-state index contributed by atoms with van der Waals surface area (Å²) in [6.45, 7) is 0.361. The number of hydrogen-bond acceptors (Lipinski definition) is 12. The molecule has 0 amide bonds. The van der Waals surface area contributed by atoms with Crippen molar-refractivity contribution in [1.29, 1.82) is 5.41 Å². The van der Waals surface area contributed by atoms with E-state index in [-0.39, 0.29) is 40.5 Å². The Hall–Kier alpha value is -4.63. The van der Waals surface area contributed by atoms with E-state index in [0.29, 0.717) is 37.2 Å². The molecule has 4 aliphatic rings. The van der Waals surface area contributed by atoms with E-state index in [9.17, 15) is 35.4 Å². The predicted octanol–water partition coefficient (Wildman–Crippen LogP) is 2.77. The molecule has 0 spiro atoms. The summed E-state index contributed by atoms with van der Waals surface area (Å²) in [7, 11) is 0. The van der Waals surface area contributed by atoms with Crippen LogP contribution in [0.3, 0.4) is 0 Å². The fourth-order valence-corrected chi connectivity index (χ4v) is 5.73. The Balaban J connectivity index is 1.24. The third kappa shape index (κ3) is 6.37. The number of nitrogens with one attached hydrogen (secondary N) is 1. The molecule has 2 aromatic rings.